The van der Waals surface area contributed by atoms with Crippen molar-refractivity contribution >= 4 is 0 Å². The van der Waals surface area contributed by atoms with Crippen LogP contribution in [0.4, 0.5) is 8.78 Å². The Kier molecular flexibility index (Phi) is 5.28. The minimum Gasteiger partial charge on any atom is -0.454 e. The van der Waals surface area contributed by atoms with Gasteiger partial charge >= 0.3 is 0 Å². The summed E-state index contributed by atoms with van der Waals surface area (Å²) in [5.41, 5.74) is 1.61. The van der Waals surface area contributed by atoms with Crippen molar-refractivity contribution in [3.05, 3.63) is 59.2 Å². The summed E-state index contributed by atoms with van der Waals surface area (Å²) in [7, 11) is 0. The fourth-order valence-electron chi connectivity index (χ4n) is 1.95. The van der Waals surface area contributed by atoms with Crippen LogP contribution in [0.2, 0.25) is 0 Å². The van der Waals surface area contributed by atoms with Crippen LogP contribution in [0, 0.1) is 18.6 Å². The van der Waals surface area contributed by atoms with Gasteiger partial charge in [-0.2, -0.15) is 0 Å². The van der Waals surface area contributed by atoms with Gasteiger partial charge in [0.2, 0.25) is 0 Å². The van der Waals surface area contributed by atoms with Crippen molar-refractivity contribution in [2.75, 3.05) is 6.54 Å². The first-order valence-electron chi connectivity index (χ1n) is 7.03. The van der Waals surface area contributed by atoms with Crippen LogP contribution in [0.5, 0.6) is 11.5 Å². The Bertz CT molecular complexity index is 614. The molecule has 0 saturated heterocycles. The molecule has 1 N–H and O–H groups in total. The lowest BCUT2D eigenvalue weighted by molar-refractivity contribution is 0.435. The molecule has 2 rings (SSSR count). The maximum Gasteiger partial charge on any atom is 0.166 e. The standard InChI is InChI=1S/C17H19F2NO/c1-3-8-20-11-13-5-7-16(15(19)9-13)21-17-10-14(18)6-4-12(17)2/h4-7,9-10,20H,3,8,11H2,1-2H3. The summed E-state index contributed by atoms with van der Waals surface area (Å²) in [5, 5.41) is 3.21. The second kappa shape index (κ2) is 7.18. The topological polar surface area (TPSA) is 21.3 Å². The Morgan fingerprint density at radius 3 is 2.57 bits per heavy atom. The van der Waals surface area contributed by atoms with E-state index < -0.39 is 11.6 Å². The summed E-state index contributed by atoms with van der Waals surface area (Å²) in [6, 6.07) is 9.02. The molecule has 0 aliphatic heterocycles. The Hall–Kier alpha value is -1.94. The van der Waals surface area contributed by atoms with E-state index >= 15 is 0 Å². The molecule has 0 atom stereocenters. The molecule has 0 aromatic heterocycles. The van der Waals surface area contributed by atoms with Crippen molar-refractivity contribution in [3.8, 4) is 11.5 Å². The van der Waals surface area contributed by atoms with E-state index in [9.17, 15) is 8.78 Å². The number of halogens is 2. The van der Waals surface area contributed by atoms with Crippen molar-refractivity contribution in [2.45, 2.75) is 26.8 Å². The Balaban J connectivity index is 2.12. The largest absolute Gasteiger partial charge is 0.454 e. The number of nitrogens with one attached hydrogen (secondary N) is 1. The molecule has 2 nitrogen and oxygen atoms in total. The highest BCUT2D eigenvalue weighted by Crippen LogP contribution is 2.28. The second-order valence-corrected chi connectivity index (χ2v) is 4.95. The van der Waals surface area contributed by atoms with Gasteiger partial charge in [0.05, 0.1) is 0 Å². The summed E-state index contributed by atoms with van der Waals surface area (Å²) >= 11 is 0. The van der Waals surface area contributed by atoms with E-state index in [2.05, 4.69) is 12.2 Å². The van der Waals surface area contributed by atoms with Gasteiger partial charge in [0.25, 0.3) is 0 Å². The molecule has 0 aliphatic rings. The van der Waals surface area contributed by atoms with Gasteiger partial charge < -0.3 is 10.1 Å². The first-order valence-corrected chi connectivity index (χ1v) is 7.03. The normalized spacial score (nSPS) is 10.7. The lowest BCUT2D eigenvalue weighted by Gasteiger charge is -2.11. The third-order valence-electron chi connectivity index (χ3n) is 3.12. The SMILES string of the molecule is CCCNCc1ccc(Oc2cc(F)ccc2C)c(F)c1. The van der Waals surface area contributed by atoms with Crippen LogP contribution < -0.4 is 10.1 Å². The molecule has 0 aliphatic carbocycles. The van der Waals surface area contributed by atoms with Crippen LogP contribution >= 0.6 is 0 Å². The molecule has 2 aromatic carbocycles. The van der Waals surface area contributed by atoms with Crippen molar-refractivity contribution in [2.24, 2.45) is 0 Å². The van der Waals surface area contributed by atoms with Gasteiger partial charge in [-0.25, -0.2) is 8.78 Å². The molecule has 0 heterocycles. The maximum absolute atomic E-state index is 14.0. The van der Waals surface area contributed by atoms with Gasteiger partial charge in [-0.05, 0) is 49.2 Å². The molecule has 0 radical (unpaired) electrons. The van der Waals surface area contributed by atoms with Crippen molar-refractivity contribution < 1.29 is 13.5 Å². The molecule has 2 aromatic rings. The van der Waals surface area contributed by atoms with E-state index in [0.717, 1.165) is 24.1 Å². The van der Waals surface area contributed by atoms with Crippen molar-refractivity contribution in [1.29, 1.82) is 0 Å². The fraction of sp³-hybridized carbons (Fsp3) is 0.294. The molecule has 0 fully saturated rings. The number of ether oxygens (including phenoxy) is 1. The van der Waals surface area contributed by atoms with E-state index in [1.807, 2.05) is 0 Å². The van der Waals surface area contributed by atoms with Gasteiger partial charge in [0.15, 0.2) is 11.6 Å². The predicted molar refractivity (Wildman–Crippen MR) is 79.6 cm³/mol. The average Bonchev–Trinajstić information content (AvgIpc) is 2.46. The summed E-state index contributed by atoms with van der Waals surface area (Å²) in [5.74, 6) is -0.431. The molecule has 112 valence electrons. The summed E-state index contributed by atoms with van der Waals surface area (Å²) in [6.07, 6.45) is 1.03. The third-order valence-corrected chi connectivity index (χ3v) is 3.12. The highest BCUT2D eigenvalue weighted by atomic mass is 19.1. The molecule has 0 spiro atoms. The maximum atomic E-state index is 14.0. The summed E-state index contributed by atoms with van der Waals surface area (Å²) in [6.45, 7) is 5.37. The van der Waals surface area contributed by atoms with Crippen LogP contribution in [0.25, 0.3) is 0 Å². The zero-order valence-electron chi connectivity index (χ0n) is 12.2. The lowest BCUT2D eigenvalue weighted by Crippen LogP contribution is -2.13. The number of rotatable bonds is 6. The quantitative estimate of drug-likeness (QED) is 0.787. The summed E-state index contributed by atoms with van der Waals surface area (Å²) in [4.78, 5) is 0. The van der Waals surface area contributed by atoms with E-state index in [-0.39, 0.29) is 5.75 Å². The minimum atomic E-state index is -0.450. The zero-order chi connectivity index (χ0) is 15.2. The van der Waals surface area contributed by atoms with Gasteiger partial charge in [0.1, 0.15) is 11.6 Å². The molecular weight excluding hydrogens is 272 g/mol. The smallest absolute Gasteiger partial charge is 0.166 e. The molecule has 0 amide bonds. The molecule has 0 bridgehead atoms. The second-order valence-electron chi connectivity index (χ2n) is 4.95. The lowest BCUT2D eigenvalue weighted by atomic mass is 10.2. The van der Waals surface area contributed by atoms with Gasteiger partial charge in [-0.3, -0.25) is 0 Å². The molecular formula is C17H19F2NO. The van der Waals surface area contributed by atoms with Gasteiger partial charge in [0, 0.05) is 12.6 Å². The predicted octanol–water partition coefficient (Wildman–Crippen LogP) is 4.57. The number of hydrogen-bond acceptors (Lipinski definition) is 2. The van der Waals surface area contributed by atoms with Crippen LogP contribution in [-0.4, -0.2) is 6.54 Å². The average molecular weight is 291 g/mol. The van der Waals surface area contributed by atoms with Crippen LogP contribution in [0.1, 0.15) is 24.5 Å². The van der Waals surface area contributed by atoms with E-state index in [4.69, 9.17) is 4.74 Å². The van der Waals surface area contributed by atoms with Crippen LogP contribution in [-0.2, 0) is 6.54 Å². The molecule has 0 unspecified atom stereocenters. The summed E-state index contributed by atoms with van der Waals surface area (Å²) < 4.78 is 32.7. The first-order chi connectivity index (χ1) is 10.1. The first kappa shape index (κ1) is 15.4. The minimum absolute atomic E-state index is 0.0999. The van der Waals surface area contributed by atoms with E-state index in [1.165, 1.54) is 18.2 Å². The number of benzene rings is 2. The Morgan fingerprint density at radius 2 is 1.86 bits per heavy atom. The highest BCUT2D eigenvalue weighted by molar-refractivity contribution is 5.39. The monoisotopic (exact) mass is 291 g/mol. The molecule has 4 heteroatoms. The van der Waals surface area contributed by atoms with Crippen molar-refractivity contribution in [3.63, 3.8) is 0 Å². The van der Waals surface area contributed by atoms with Crippen LogP contribution in [0.3, 0.4) is 0 Å². The Morgan fingerprint density at radius 1 is 1.05 bits per heavy atom. The Labute approximate surface area is 123 Å². The number of aryl methyl sites for hydroxylation is 1. The van der Waals surface area contributed by atoms with Gasteiger partial charge in [-0.15, -0.1) is 0 Å². The zero-order valence-corrected chi connectivity index (χ0v) is 12.2. The van der Waals surface area contributed by atoms with Gasteiger partial charge in [-0.1, -0.05) is 19.1 Å². The van der Waals surface area contributed by atoms with Crippen LogP contribution in [0.15, 0.2) is 36.4 Å². The van der Waals surface area contributed by atoms with Crippen molar-refractivity contribution in [1.82, 2.24) is 5.32 Å². The fourth-order valence-corrected chi connectivity index (χ4v) is 1.95. The molecule has 0 saturated carbocycles. The highest BCUT2D eigenvalue weighted by Gasteiger charge is 2.08. The third kappa shape index (κ3) is 4.26. The molecule has 21 heavy (non-hydrogen) atoms. The number of hydrogen-bond donors (Lipinski definition) is 1. The van der Waals surface area contributed by atoms with E-state index in [1.54, 1.807) is 25.1 Å². The van der Waals surface area contributed by atoms with E-state index in [0.29, 0.717) is 12.3 Å².